The number of benzene rings is 3. The maximum absolute atomic E-state index is 15.2. The van der Waals surface area contributed by atoms with Gasteiger partial charge in [0.25, 0.3) is 0 Å². The monoisotopic (exact) mass is 626 g/mol. The summed E-state index contributed by atoms with van der Waals surface area (Å²) in [5.41, 5.74) is -1.84. The van der Waals surface area contributed by atoms with Gasteiger partial charge in [-0.25, -0.2) is 9.18 Å². The van der Waals surface area contributed by atoms with Gasteiger partial charge in [0.2, 0.25) is 0 Å². The van der Waals surface area contributed by atoms with Gasteiger partial charge in [0.1, 0.15) is 48.3 Å². The molecule has 238 valence electrons. The van der Waals surface area contributed by atoms with Gasteiger partial charge in [0.05, 0.1) is 11.0 Å². The van der Waals surface area contributed by atoms with Crippen molar-refractivity contribution in [2.24, 2.45) is 0 Å². The van der Waals surface area contributed by atoms with Crippen molar-refractivity contribution in [3.8, 4) is 22.6 Å². The lowest BCUT2D eigenvalue weighted by atomic mass is 9.93. The van der Waals surface area contributed by atoms with Gasteiger partial charge in [-0.05, 0) is 69.0 Å². The summed E-state index contributed by atoms with van der Waals surface area (Å²) in [6.07, 6.45) is -1.07. The number of halogens is 4. The molecule has 10 heteroatoms. The predicted molar refractivity (Wildman–Crippen MR) is 161 cm³/mol. The second-order valence-electron chi connectivity index (χ2n) is 11.6. The van der Waals surface area contributed by atoms with Crippen molar-refractivity contribution in [2.45, 2.75) is 57.4 Å². The maximum atomic E-state index is 15.2. The first-order valence-electron chi connectivity index (χ1n) is 14.2. The highest BCUT2D eigenvalue weighted by Gasteiger charge is 2.54. The third-order valence-electron chi connectivity index (χ3n) is 7.04. The molecule has 0 unspecified atom stereocenters. The molecule has 0 saturated heterocycles. The topological polar surface area (TPSA) is 71.1 Å². The van der Waals surface area contributed by atoms with E-state index in [1.54, 1.807) is 57.2 Å². The molecular formula is C35H34F4O6. The van der Waals surface area contributed by atoms with Crippen LogP contribution >= 0.6 is 0 Å². The van der Waals surface area contributed by atoms with Crippen LogP contribution in [0.2, 0.25) is 0 Å². The lowest BCUT2D eigenvalue weighted by molar-refractivity contribution is -0.145. The summed E-state index contributed by atoms with van der Waals surface area (Å²) in [6, 6.07) is 13.3. The maximum Gasteiger partial charge on any atom is 0.419 e. The van der Waals surface area contributed by atoms with Crippen molar-refractivity contribution < 1.29 is 46.1 Å². The van der Waals surface area contributed by atoms with Crippen molar-refractivity contribution in [1.29, 1.82) is 0 Å². The van der Waals surface area contributed by atoms with Crippen molar-refractivity contribution in [2.75, 3.05) is 13.2 Å². The van der Waals surface area contributed by atoms with Gasteiger partial charge >= 0.3 is 18.1 Å². The zero-order valence-corrected chi connectivity index (χ0v) is 25.3. The van der Waals surface area contributed by atoms with Crippen molar-refractivity contribution >= 4 is 11.9 Å². The molecule has 0 bridgehead atoms. The van der Waals surface area contributed by atoms with E-state index in [1.807, 2.05) is 0 Å². The largest absolute Gasteiger partial charge is 0.489 e. The molecule has 3 aromatic rings. The number of alkyl halides is 3. The van der Waals surface area contributed by atoms with Crippen LogP contribution < -0.4 is 9.47 Å². The molecule has 0 aromatic heterocycles. The first-order valence-corrected chi connectivity index (χ1v) is 14.2. The molecule has 0 N–H and O–H groups in total. The molecule has 1 saturated carbocycles. The summed E-state index contributed by atoms with van der Waals surface area (Å²) < 4.78 is 78.6. The van der Waals surface area contributed by atoms with Gasteiger partial charge in [-0.1, -0.05) is 55.6 Å². The Morgan fingerprint density at radius 2 is 1.53 bits per heavy atom. The van der Waals surface area contributed by atoms with E-state index in [2.05, 4.69) is 13.2 Å². The summed E-state index contributed by atoms with van der Waals surface area (Å²) in [6.45, 7) is 11.3. The van der Waals surface area contributed by atoms with Crippen LogP contribution in [0.25, 0.3) is 11.1 Å². The van der Waals surface area contributed by atoms with Crippen molar-refractivity contribution in [1.82, 2.24) is 0 Å². The van der Waals surface area contributed by atoms with E-state index in [1.165, 1.54) is 18.2 Å². The highest BCUT2D eigenvalue weighted by molar-refractivity contribution is 5.95. The van der Waals surface area contributed by atoms with E-state index in [4.69, 9.17) is 18.9 Å². The zero-order valence-electron chi connectivity index (χ0n) is 25.3. The molecule has 1 aliphatic carbocycles. The fourth-order valence-electron chi connectivity index (χ4n) is 4.78. The first kappa shape index (κ1) is 33.3. The highest BCUT2D eigenvalue weighted by atomic mass is 19.4. The van der Waals surface area contributed by atoms with Gasteiger partial charge in [-0.15, -0.1) is 0 Å². The Bertz CT molecular complexity index is 1580. The van der Waals surface area contributed by atoms with Crippen LogP contribution in [0.5, 0.6) is 11.5 Å². The fourth-order valence-corrected chi connectivity index (χ4v) is 4.78. The third-order valence-corrected chi connectivity index (χ3v) is 7.04. The summed E-state index contributed by atoms with van der Waals surface area (Å²) in [5, 5.41) is 0. The molecule has 1 fully saturated rings. The normalized spacial score (nSPS) is 13.8. The van der Waals surface area contributed by atoms with Crippen LogP contribution in [0, 0.1) is 5.82 Å². The van der Waals surface area contributed by atoms with E-state index < -0.39 is 51.8 Å². The number of carbonyl (C=O) groups excluding carboxylic acids is 2. The average molecular weight is 627 g/mol. The third kappa shape index (κ3) is 7.74. The minimum Gasteiger partial charge on any atom is -0.489 e. The van der Waals surface area contributed by atoms with E-state index in [0.717, 1.165) is 12.1 Å². The molecule has 45 heavy (non-hydrogen) atoms. The number of rotatable bonds is 12. The minimum atomic E-state index is -4.80. The van der Waals surface area contributed by atoms with Gasteiger partial charge in [-0.2, -0.15) is 13.2 Å². The van der Waals surface area contributed by atoms with Gasteiger partial charge in [0, 0.05) is 11.1 Å². The van der Waals surface area contributed by atoms with E-state index in [0.29, 0.717) is 29.7 Å². The number of ether oxygens (including phenoxy) is 4. The highest BCUT2D eigenvalue weighted by Crippen LogP contribution is 2.50. The molecule has 0 spiro atoms. The molecule has 3 aromatic carbocycles. The Kier molecular flexibility index (Phi) is 9.75. The Morgan fingerprint density at radius 1 is 0.889 bits per heavy atom. The Balaban J connectivity index is 1.57. The molecule has 0 heterocycles. The molecule has 0 aliphatic heterocycles. The van der Waals surface area contributed by atoms with Crippen LogP contribution in [0.3, 0.4) is 0 Å². The number of hydrogen-bond donors (Lipinski definition) is 0. The Hall–Kier alpha value is -4.60. The van der Waals surface area contributed by atoms with Crippen LogP contribution in [-0.4, -0.2) is 30.8 Å². The quantitative estimate of drug-likeness (QED) is 0.114. The van der Waals surface area contributed by atoms with Gasteiger partial charge in [0.15, 0.2) is 0 Å². The number of carbonyl (C=O) groups is 2. The van der Waals surface area contributed by atoms with Crippen molar-refractivity contribution in [3.63, 3.8) is 0 Å². The molecule has 4 rings (SSSR count). The van der Waals surface area contributed by atoms with E-state index >= 15 is 4.39 Å². The zero-order chi connectivity index (χ0) is 33.0. The van der Waals surface area contributed by atoms with E-state index in [9.17, 15) is 22.8 Å². The molecule has 1 aliphatic rings. The SMILES string of the molecule is C=CCOC(=O)C1(c2ccc(-c3ccc(OCc4ccc(C(F)(F)F)c(OCC=C)c4C(=O)OC(C)(C)C)cc3)cc2F)CC1. The standard InChI is InChI=1S/C35H34F4O6/c1-6-18-42-30-27(35(37,38)39)15-11-24(29(30)31(40)45-33(3,4)5)21-44-25-12-8-22(9-13-25)23-10-14-26(28(36)20-23)34(16-17-34)32(41)43-19-7-2/h6-15,20H,1-2,16-19,21H2,3-5H3. The fraction of sp³-hybridized carbons (Fsp3) is 0.314. The summed E-state index contributed by atoms with van der Waals surface area (Å²) >= 11 is 0. The summed E-state index contributed by atoms with van der Waals surface area (Å²) in [5.74, 6) is -2.30. The van der Waals surface area contributed by atoms with Gasteiger partial charge < -0.3 is 18.9 Å². The van der Waals surface area contributed by atoms with E-state index in [-0.39, 0.29) is 30.9 Å². The van der Waals surface area contributed by atoms with Gasteiger partial charge in [-0.3, -0.25) is 4.79 Å². The smallest absolute Gasteiger partial charge is 0.419 e. The van der Waals surface area contributed by atoms with Crippen LogP contribution in [0.15, 0.2) is 79.9 Å². The molecule has 0 radical (unpaired) electrons. The molecule has 0 atom stereocenters. The van der Waals surface area contributed by atoms with Crippen LogP contribution in [0.1, 0.15) is 60.7 Å². The Labute approximate surface area is 259 Å². The second kappa shape index (κ2) is 13.2. The lowest BCUT2D eigenvalue weighted by Gasteiger charge is -2.24. The predicted octanol–water partition coefficient (Wildman–Crippen LogP) is 8.37. The molecule has 6 nitrogen and oxygen atoms in total. The molecular weight excluding hydrogens is 592 g/mol. The van der Waals surface area contributed by atoms with Crippen LogP contribution in [-0.2, 0) is 32.5 Å². The lowest BCUT2D eigenvalue weighted by Crippen LogP contribution is -2.26. The summed E-state index contributed by atoms with van der Waals surface area (Å²) in [7, 11) is 0. The average Bonchev–Trinajstić information content (AvgIpc) is 3.78. The molecule has 0 amide bonds. The second-order valence-corrected chi connectivity index (χ2v) is 11.6. The first-order chi connectivity index (χ1) is 21.2. The number of esters is 2. The summed E-state index contributed by atoms with van der Waals surface area (Å²) in [4.78, 5) is 25.7. The van der Waals surface area contributed by atoms with Crippen molar-refractivity contribution in [3.05, 3.63) is 108 Å². The van der Waals surface area contributed by atoms with Crippen LogP contribution in [0.4, 0.5) is 17.6 Å². The minimum absolute atomic E-state index is 0.0557. The Morgan fingerprint density at radius 3 is 2.09 bits per heavy atom. The number of hydrogen-bond acceptors (Lipinski definition) is 6.